The number of rotatable bonds is 8. The smallest absolute Gasteiger partial charge is 0.0718 e. The molecule has 92 valence electrons. The molecule has 0 aromatic heterocycles. The monoisotopic (exact) mass is 217 g/mol. The Hall–Kier alpha value is -0.120. The molecule has 3 heteroatoms. The van der Waals surface area contributed by atoms with Crippen LogP contribution in [0.5, 0.6) is 0 Å². The summed E-state index contributed by atoms with van der Waals surface area (Å²) in [7, 11) is 2.00. The molecule has 0 saturated heterocycles. The zero-order valence-corrected chi connectivity index (χ0v) is 10.9. The van der Waals surface area contributed by atoms with E-state index in [-0.39, 0.29) is 0 Å². The lowest BCUT2D eigenvalue weighted by Gasteiger charge is -2.25. The molecule has 0 aliphatic rings. The van der Waals surface area contributed by atoms with E-state index in [9.17, 15) is 5.11 Å². The van der Waals surface area contributed by atoms with Crippen molar-refractivity contribution in [3.05, 3.63) is 0 Å². The highest BCUT2D eigenvalue weighted by Crippen LogP contribution is 2.03. The first kappa shape index (κ1) is 14.9. The van der Waals surface area contributed by atoms with Gasteiger partial charge < -0.3 is 14.7 Å². The van der Waals surface area contributed by atoms with E-state index in [1.165, 1.54) is 0 Å². The van der Waals surface area contributed by atoms with Gasteiger partial charge in [-0.25, -0.2) is 0 Å². The first-order valence-corrected chi connectivity index (χ1v) is 5.80. The third-order valence-corrected chi connectivity index (χ3v) is 2.11. The van der Waals surface area contributed by atoms with Gasteiger partial charge in [-0.3, -0.25) is 0 Å². The summed E-state index contributed by atoms with van der Waals surface area (Å²) in [5, 5.41) is 9.58. The highest BCUT2D eigenvalue weighted by atomic mass is 16.5. The predicted octanol–water partition coefficient (Wildman–Crippen LogP) is 1.75. The molecule has 0 aromatic carbocycles. The molecule has 3 nitrogen and oxygen atoms in total. The van der Waals surface area contributed by atoms with Crippen LogP contribution in [0.25, 0.3) is 0 Å². The van der Waals surface area contributed by atoms with Gasteiger partial charge in [-0.1, -0.05) is 13.8 Å². The fourth-order valence-electron chi connectivity index (χ4n) is 1.38. The highest BCUT2D eigenvalue weighted by molar-refractivity contribution is 4.69. The Labute approximate surface area is 94.4 Å². The normalized spacial score (nSPS) is 12.8. The van der Waals surface area contributed by atoms with E-state index in [4.69, 9.17) is 4.74 Å². The maximum Gasteiger partial charge on any atom is 0.0718 e. The standard InChI is InChI=1S/C12H27NO2/c1-11(2)6-8-15-9-7-13(5)10-12(3,4)14/h11,14H,6-10H2,1-5H3. The quantitative estimate of drug-likeness (QED) is 0.629. The van der Waals surface area contributed by atoms with Crippen LogP contribution in [0.3, 0.4) is 0 Å². The molecule has 0 spiro atoms. The molecule has 0 radical (unpaired) electrons. The van der Waals surface area contributed by atoms with Crippen LogP contribution in [-0.4, -0.2) is 49.0 Å². The number of likely N-dealkylation sites (N-methyl/N-ethyl adjacent to an activating group) is 1. The molecule has 0 aliphatic heterocycles. The van der Waals surface area contributed by atoms with Crippen molar-refractivity contribution < 1.29 is 9.84 Å². The Morgan fingerprint density at radius 3 is 2.33 bits per heavy atom. The number of ether oxygens (including phenoxy) is 1. The predicted molar refractivity (Wildman–Crippen MR) is 64.1 cm³/mol. The van der Waals surface area contributed by atoms with Gasteiger partial charge in [-0.05, 0) is 33.2 Å². The second-order valence-corrected chi connectivity index (χ2v) is 5.35. The van der Waals surface area contributed by atoms with Crippen molar-refractivity contribution in [2.24, 2.45) is 5.92 Å². The summed E-state index contributed by atoms with van der Waals surface area (Å²) >= 11 is 0. The largest absolute Gasteiger partial charge is 0.389 e. The number of aliphatic hydroxyl groups is 1. The van der Waals surface area contributed by atoms with Crippen LogP contribution in [0.2, 0.25) is 0 Å². The van der Waals surface area contributed by atoms with Gasteiger partial charge in [-0.15, -0.1) is 0 Å². The Morgan fingerprint density at radius 1 is 1.27 bits per heavy atom. The topological polar surface area (TPSA) is 32.7 Å². The van der Waals surface area contributed by atoms with Crippen LogP contribution < -0.4 is 0 Å². The summed E-state index contributed by atoms with van der Waals surface area (Å²) in [6.45, 7) is 11.2. The second-order valence-electron chi connectivity index (χ2n) is 5.35. The van der Waals surface area contributed by atoms with Gasteiger partial charge in [0.1, 0.15) is 0 Å². The van der Waals surface area contributed by atoms with Crippen molar-refractivity contribution in [1.29, 1.82) is 0 Å². The summed E-state index contributed by atoms with van der Waals surface area (Å²) in [4.78, 5) is 2.09. The summed E-state index contributed by atoms with van der Waals surface area (Å²) in [5.41, 5.74) is -0.618. The van der Waals surface area contributed by atoms with E-state index in [1.807, 2.05) is 20.9 Å². The molecule has 0 unspecified atom stereocenters. The molecular weight excluding hydrogens is 190 g/mol. The maximum absolute atomic E-state index is 9.58. The van der Waals surface area contributed by atoms with E-state index in [1.54, 1.807) is 0 Å². The van der Waals surface area contributed by atoms with Crippen molar-refractivity contribution in [3.63, 3.8) is 0 Å². The molecule has 0 rings (SSSR count). The maximum atomic E-state index is 9.58. The van der Waals surface area contributed by atoms with E-state index in [0.29, 0.717) is 12.5 Å². The minimum atomic E-state index is -0.618. The fourth-order valence-corrected chi connectivity index (χ4v) is 1.38. The van der Waals surface area contributed by atoms with Gasteiger partial charge in [0.05, 0.1) is 12.2 Å². The van der Waals surface area contributed by atoms with E-state index in [2.05, 4.69) is 18.7 Å². The molecule has 0 amide bonds. The average molecular weight is 217 g/mol. The minimum Gasteiger partial charge on any atom is -0.389 e. The summed E-state index contributed by atoms with van der Waals surface area (Å²) in [6, 6.07) is 0. The second kappa shape index (κ2) is 7.20. The SMILES string of the molecule is CC(C)CCOCCN(C)CC(C)(C)O. The van der Waals surface area contributed by atoms with Crippen molar-refractivity contribution in [2.75, 3.05) is 33.4 Å². The lowest BCUT2D eigenvalue weighted by molar-refractivity contribution is 0.0315. The lowest BCUT2D eigenvalue weighted by atomic mass is 10.1. The Balaban J connectivity index is 3.36. The van der Waals surface area contributed by atoms with Gasteiger partial charge in [-0.2, -0.15) is 0 Å². The summed E-state index contributed by atoms with van der Waals surface area (Å²) in [6.07, 6.45) is 1.12. The van der Waals surface area contributed by atoms with Crippen molar-refractivity contribution >= 4 is 0 Å². The zero-order valence-electron chi connectivity index (χ0n) is 10.9. The molecule has 0 aromatic rings. The van der Waals surface area contributed by atoms with E-state index >= 15 is 0 Å². The fraction of sp³-hybridized carbons (Fsp3) is 1.00. The molecule has 0 saturated carbocycles. The van der Waals surface area contributed by atoms with Gasteiger partial charge in [0.25, 0.3) is 0 Å². The van der Waals surface area contributed by atoms with E-state index < -0.39 is 5.60 Å². The Morgan fingerprint density at radius 2 is 1.87 bits per heavy atom. The number of hydrogen-bond donors (Lipinski definition) is 1. The average Bonchev–Trinajstić information content (AvgIpc) is 1.99. The lowest BCUT2D eigenvalue weighted by Crippen LogP contribution is -2.37. The van der Waals surface area contributed by atoms with Crippen molar-refractivity contribution in [1.82, 2.24) is 4.90 Å². The van der Waals surface area contributed by atoms with Gasteiger partial charge in [0.2, 0.25) is 0 Å². The zero-order chi connectivity index (χ0) is 11.9. The first-order chi connectivity index (χ1) is 6.81. The molecular formula is C12H27NO2. The third kappa shape index (κ3) is 11.8. The summed E-state index contributed by atoms with van der Waals surface area (Å²) in [5.74, 6) is 0.708. The van der Waals surface area contributed by atoms with Crippen molar-refractivity contribution in [2.45, 2.75) is 39.7 Å². The molecule has 1 N–H and O–H groups in total. The summed E-state index contributed by atoms with van der Waals surface area (Å²) < 4.78 is 5.51. The van der Waals surface area contributed by atoms with Crippen LogP contribution in [0, 0.1) is 5.92 Å². The van der Waals surface area contributed by atoms with Crippen LogP contribution >= 0.6 is 0 Å². The van der Waals surface area contributed by atoms with Crippen molar-refractivity contribution in [3.8, 4) is 0 Å². The van der Waals surface area contributed by atoms with Crippen LogP contribution in [-0.2, 0) is 4.74 Å². The molecule has 0 atom stereocenters. The third-order valence-electron chi connectivity index (χ3n) is 2.11. The van der Waals surface area contributed by atoms with Gasteiger partial charge >= 0.3 is 0 Å². The Kier molecular flexibility index (Phi) is 7.14. The molecule has 15 heavy (non-hydrogen) atoms. The van der Waals surface area contributed by atoms with Gasteiger partial charge in [0.15, 0.2) is 0 Å². The number of nitrogens with zero attached hydrogens (tertiary/aromatic N) is 1. The molecule has 0 fully saturated rings. The number of hydrogen-bond acceptors (Lipinski definition) is 3. The minimum absolute atomic E-state index is 0.618. The van der Waals surface area contributed by atoms with Crippen LogP contribution in [0.1, 0.15) is 34.1 Å². The molecule has 0 heterocycles. The van der Waals surface area contributed by atoms with E-state index in [0.717, 1.165) is 26.2 Å². The van der Waals surface area contributed by atoms with Gasteiger partial charge in [0, 0.05) is 19.7 Å². The first-order valence-electron chi connectivity index (χ1n) is 5.80. The molecule has 0 aliphatic carbocycles. The molecule has 0 bridgehead atoms. The van der Waals surface area contributed by atoms with Crippen LogP contribution in [0.4, 0.5) is 0 Å². The highest BCUT2D eigenvalue weighted by Gasteiger charge is 2.14. The Bertz CT molecular complexity index is 152. The van der Waals surface area contributed by atoms with Crippen LogP contribution in [0.15, 0.2) is 0 Å².